The Kier molecular flexibility index (Phi) is 6.52. The lowest BCUT2D eigenvalue weighted by Gasteiger charge is -2.14. The molecule has 118 valence electrons. The predicted octanol–water partition coefficient (Wildman–Crippen LogP) is 4.32. The van der Waals surface area contributed by atoms with Crippen molar-refractivity contribution in [2.24, 2.45) is 0 Å². The van der Waals surface area contributed by atoms with Gasteiger partial charge in [0.05, 0.1) is 23.4 Å². The van der Waals surface area contributed by atoms with E-state index in [1.54, 1.807) is 6.07 Å². The molecule has 0 saturated carbocycles. The highest BCUT2D eigenvalue weighted by Crippen LogP contribution is 2.18. The second kappa shape index (κ2) is 8.61. The van der Waals surface area contributed by atoms with Crippen LogP contribution in [-0.4, -0.2) is 11.7 Å². The van der Waals surface area contributed by atoms with E-state index in [1.165, 1.54) is 11.8 Å². The molecule has 1 N–H and O–H groups in total. The molecule has 2 aromatic carbocycles. The maximum absolute atomic E-state index is 12.0. The number of rotatable bonds is 6. The number of hydrogen-bond acceptors (Lipinski definition) is 3. The van der Waals surface area contributed by atoms with Crippen LogP contribution in [0, 0.1) is 11.3 Å². The van der Waals surface area contributed by atoms with Gasteiger partial charge >= 0.3 is 0 Å². The Balaban J connectivity index is 1.80. The molecule has 0 saturated heterocycles. The van der Waals surface area contributed by atoms with E-state index in [9.17, 15) is 4.79 Å². The summed E-state index contributed by atoms with van der Waals surface area (Å²) in [7, 11) is 0. The van der Waals surface area contributed by atoms with E-state index in [2.05, 4.69) is 11.4 Å². The Morgan fingerprint density at radius 1 is 1.30 bits per heavy atom. The lowest BCUT2D eigenvalue weighted by atomic mass is 10.1. The summed E-state index contributed by atoms with van der Waals surface area (Å²) >= 11 is 7.49. The van der Waals surface area contributed by atoms with Gasteiger partial charge in [-0.15, -0.1) is 11.8 Å². The molecule has 23 heavy (non-hydrogen) atoms. The minimum absolute atomic E-state index is 0.0149. The van der Waals surface area contributed by atoms with Crippen LogP contribution in [0.3, 0.4) is 0 Å². The van der Waals surface area contributed by atoms with Gasteiger partial charge in [-0.3, -0.25) is 4.79 Å². The molecule has 0 radical (unpaired) electrons. The molecule has 2 rings (SSSR count). The highest BCUT2D eigenvalue weighted by Gasteiger charge is 2.10. The first kappa shape index (κ1) is 17.4. The number of nitrogens with one attached hydrogen (secondary N) is 1. The molecule has 0 spiro atoms. The fraction of sp³-hybridized carbons (Fsp3) is 0.222. The van der Waals surface area contributed by atoms with E-state index in [4.69, 9.17) is 16.9 Å². The van der Waals surface area contributed by atoms with Gasteiger partial charge in [-0.1, -0.05) is 35.9 Å². The number of amides is 1. The molecule has 0 aliphatic rings. The van der Waals surface area contributed by atoms with Crippen LogP contribution in [0.25, 0.3) is 0 Å². The van der Waals surface area contributed by atoms with Gasteiger partial charge in [-0.25, -0.2) is 0 Å². The average molecular weight is 345 g/mol. The molecule has 2 aromatic rings. The predicted molar refractivity (Wildman–Crippen MR) is 95.3 cm³/mol. The van der Waals surface area contributed by atoms with E-state index in [-0.39, 0.29) is 11.9 Å². The largest absolute Gasteiger partial charge is 0.349 e. The molecular weight excluding hydrogens is 328 g/mol. The number of hydrogen-bond donors (Lipinski definition) is 1. The van der Waals surface area contributed by atoms with Crippen molar-refractivity contribution in [2.45, 2.75) is 18.7 Å². The van der Waals surface area contributed by atoms with Crippen molar-refractivity contribution in [2.75, 3.05) is 5.75 Å². The molecule has 0 bridgehead atoms. The molecular formula is C18H17ClN2OS. The first-order valence-corrected chi connectivity index (χ1v) is 8.73. The van der Waals surface area contributed by atoms with Crippen LogP contribution in [-0.2, 0) is 10.5 Å². The lowest BCUT2D eigenvalue weighted by molar-refractivity contribution is -0.119. The third-order valence-corrected chi connectivity index (χ3v) is 4.52. The van der Waals surface area contributed by atoms with E-state index < -0.39 is 0 Å². The smallest absolute Gasteiger partial charge is 0.230 e. The average Bonchev–Trinajstić information content (AvgIpc) is 2.55. The molecule has 0 aliphatic heterocycles. The molecule has 1 atom stereocenters. The van der Waals surface area contributed by atoms with Crippen molar-refractivity contribution >= 4 is 29.3 Å². The summed E-state index contributed by atoms with van der Waals surface area (Å²) < 4.78 is 0. The van der Waals surface area contributed by atoms with Crippen molar-refractivity contribution in [3.63, 3.8) is 0 Å². The summed E-state index contributed by atoms with van der Waals surface area (Å²) in [4.78, 5) is 12.0. The van der Waals surface area contributed by atoms with Crippen LogP contribution in [0.5, 0.6) is 0 Å². The molecule has 3 nitrogen and oxygen atoms in total. The van der Waals surface area contributed by atoms with Gasteiger partial charge in [0.2, 0.25) is 5.91 Å². The topological polar surface area (TPSA) is 52.9 Å². The van der Waals surface area contributed by atoms with Gasteiger partial charge in [0.25, 0.3) is 0 Å². The van der Waals surface area contributed by atoms with E-state index in [0.717, 1.165) is 11.1 Å². The summed E-state index contributed by atoms with van der Waals surface area (Å²) in [5, 5.41) is 12.5. The summed E-state index contributed by atoms with van der Waals surface area (Å²) in [6.45, 7) is 1.94. The van der Waals surface area contributed by atoms with E-state index >= 15 is 0 Å². The molecule has 0 heterocycles. The van der Waals surface area contributed by atoms with Crippen molar-refractivity contribution in [1.29, 1.82) is 5.26 Å². The highest BCUT2D eigenvalue weighted by molar-refractivity contribution is 7.99. The molecule has 1 amide bonds. The fourth-order valence-electron chi connectivity index (χ4n) is 2.13. The van der Waals surface area contributed by atoms with Crippen LogP contribution >= 0.6 is 23.4 Å². The normalized spacial score (nSPS) is 11.5. The Bertz CT molecular complexity index is 727. The van der Waals surface area contributed by atoms with Gasteiger partial charge < -0.3 is 5.32 Å². The number of benzene rings is 2. The number of carbonyl (C=O) groups is 1. The third-order valence-electron chi connectivity index (χ3n) is 3.28. The first-order valence-electron chi connectivity index (χ1n) is 7.20. The maximum atomic E-state index is 12.0. The van der Waals surface area contributed by atoms with E-state index in [0.29, 0.717) is 22.1 Å². The van der Waals surface area contributed by atoms with Crippen molar-refractivity contribution in [3.05, 3.63) is 70.2 Å². The van der Waals surface area contributed by atoms with Crippen LogP contribution in [0.15, 0.2) is 48.5 Å². The summed E-state index contributed by atoms with van der Waals surface area (Å²) in [6, 6.07) is 16.9. The Morgan fingerprint density at radius 2 is 2.09 bits per heavy atom. The number of halogens is 1. The maximum Gasteiger partial charge on any atom is 0.230 e. The van der Waals surface area contributed by atoms with Gasteiger partial charge in [-0.05, 0) is 42.3 Å². The highest BCUT2D eigenvalue weighted by atomic mass is 35.5. The van der Waals surface area contributed by atoms with Crippen LogP contribution in [0.1, 0.15) is 29.7 Å². The summed E-state index contributed by atoms with van der Waals surface area (Å²) in [5.74, 6) is 1.06. The van der Waals surface area contributed by atoms with Crippen molar-refractivity contribution in [1.82, 2.24) is 5.32 Å². The molecule has 0 fully saturated rings. The molecule has 5 heteroatoms. The Hall–Kier alpha value is -1.96. The molecule has 0 aromatic heterocycles. The van der Waals surface area contributed by atoms with Crippen molar-refractivity contribution in [3.8, 4) is 6.07 Å². The Labute approximate surface area is 145 Å². The molecule has 0 unspecified atom stereocenters. The zero-order chi connectivity index (χ0) is 16.7. The second-order valence-electron chi connectivity index (χ2n) is 5.15. The lowest BCUT2D eigenvalue weighted by Crippen LogP contribution is -2.28. The van der Waals surface area contributed by atoms with Gasteiger partial charge in [0, 0.05) is 10.8 Å². The fourth-order valence-corrected chi connectivity index (χ4v) is 3.12. The summed E-state index contributed by atoms with van der Waals surface area (Å²) in [6.07, 6.45) is 0. The zero-order valence-electron chi connectivity index (χ0n) is 12.8. The second-order valence-corrected chi connectivity index (χ2v) is 6.57. The van der Waals surface area contributed by atoms with Crippen LogP contribution < -0.4 is 5.32 Å². The number of nitrogens with zero attached hydrogens (tertiary/aromatic N) is 1. The zero-order valence-corrected chi connectivity index (χ0v) is 14.3. The van der Waals surface area contributed by atoms with Gasteiger partial charge in [0.15, 0.2) is 0 Å². The van der Waals surface area contributed by atoms with Crippen LogP contribution in [0.4, 0.5) is 0 Å². The first-order chi connectivity index (χ1) is 11.1. The standard InChI is InChI=1S/C18H17ClN2OS/c1-13(16-6-3-7-17(19)9-16)21-18(22)12-23-11-15-5-2-4-14(8-15)10-20/h2-9,13H,11-12H2,1H3,(H,21,22)/t13-/m0/s1. The van der Waals surface area contributed by atoms with Gasteiger partial charge in [0.1, 0.15) is 0 Å². The van der Waals surface area contributed by atoms with Gasteiger partial charge in [-0.2, -0.15) is 5.26 Å². The Morgan fingerprint density at radius 3 is 2.83 bits per heavy atom. The number of nitriles is 1. The van der Waals surface area contributed by atoms with Crippen molar-refractivity contribution < 1.29 is 4.79 Å². The molecule has 0 aliphatic carbocycles. The number of carbonyl (C=O) groups excluding carboxylic acids is 1. The quantitative estimate of drug-likeness (QED) is 0.848. The van der Waals surface area contributed by atoms with Crippen LogP contribution in [0.2, 0.25) is 5.02 Å². The third kappa shape index (κ3) is 5.63. The summed E-state index contributed by atoms with van der Waals surface area (Å²) in [5.41, 5.74) is 2.67. The van der Waals surface area contributed by atoms with E-state index in [1.807, 2.05) is 49.4 Å². The minimum atomic E-state index is -0.0799. The monoisotopic (exact) mass is 344 g/mol. The SMILES string of the molecule is C[C@H](NC(=O)CSCc1cccc(C#N)c1)c1cccc(Cl)c1. The minimum Gasteiger partial charge on any atom is -0.349 e. The number of thioether (sulfide) groups is 1.